The number of ether oxygens (including phenoxy) is 1. The van der Waals surface area contributed by atoms with E-state index in [0.717, 1.165) is 24.6 Å². The van der Waals surface area contributed by atoms with Crippen molar-refractivity contribution in [2.45, 2.75) is 32.3 Å². The summed E-state index contributed by atoms with van der Waals surface area (Å²) in [5.74, 6) is 0.364. The van der Waals surface area contributed by atoms with Crippen LogP contribution in [0.15, 0.2) is 0 Å². The number of amides is 1. The van der Waals surface area contributed by atoms with Crippen molar-refractivity contribution < 1.29 is 9.53 Å². The molecule has 0 bridgehead atoms. The fourth-order valence-electron chi connectivity index (χ4n) is 2.81. The van der Waals surface area contributed by atoms with Crippen LogP contribution in [0.3, 0.4) is 0 Å². The molecule has 2 N–H and O–H groups in total. The summed E-state index contributed by atoms with van der Waals surface area (Å²) in [6, 6.07) is 0. The Labute approximate surface area is 128 Å². The van der Waals surface area contributed by atoms with Crippen molar-refractivity contribution in [3.63, 3.8) is 0 Å². The number of morpholine rings is 1. The van der Waals surface area contributed by atoms with Gasteiger partial charge in [0.2, 0.25) is 0 Å². The van der Waals surface area contributed by atoms with Crippen molar-refractivity contribution in [1.82, 2.24) is 9.88 Å². The van der Waals surface area contributed by atoms with Crippen LogP contribution in [0.4, 0.5) is 10.9 Å². The Bertz CT molecular complexity index is 513. The molecule has 0 aliphatic carbocycles. The fourth-order valence-corrected chi connectivity index (χ4v) is 3.82. The van der Waals surface area contributed by atoms with E-state index < -0.39 is 0 Å². The van der Waals surface area contributed by atoms with Gasteiger partial charge in [0, 0.05) is 26.2 Å². The van der Waals surface area contributed by atoms with Gasteiger partial charge in [-0.3, -0.25) is 4.79 Å². The summed E-state index contributed by atoms with van der Waals surface area (Å²) in [4.78, 5) is 21.7. The van der Waals surface area contributed by atoms with Gasteiger partial charge in [-0.2, -0.15) is 0 Å². The minimum Gasteiger partial charge on any atom is -0.382 e. The molecule has 6 nitrogen and oxygen atoms in total. The minimum absolute atomic E-state index is 0.00260. The summed E-state index contributed by atoms with van der Waals surface area (Å²) in [5.41, 5.74) is 5.98. The molecule has 116 valence electrons. The molecule has 1 aromatic rings. The van der Waals surface area contributed by atoms with Gasteiger partial charge < -0.3 is 20.3 Å². The van der Waals surface area contributed by atoms with Gasteiger partial charge in [0.15, 0.2) is 5.13 Å². The molecule has 2 aliphatic heterocycles. The van der Waals surface area contributed by atoms with Crippen LogP contribution >= 0.6 is 11.3 Å². The van der Waals surface area contributed by atoms with E-state index in [0.29, 0.717) is 30.4 Å². The first kappa shape index (κ1) is 14.6. The van der Waals surface area contributed by atoms with Crippen molar-refractivity contribution in [2.75, 3.05) is 43.4 Å². The van der Waals surface area contributed by atoms with E-state index in [1.165, 1.54) is 24.2 Å². The van der Waals surface area contributed by atoms with Crippen LogP contribution < -0.4 is 10.6 Å². The zero-order valence-electron chi connectivity index (χ0n) is 12.4. The molecule has 0 saturated carbocycles. The average molecular weight is 310 g/mol. The van der Waals surface area contributed by atoms with Gasteiger partial charge in [-0.05, 0) is 19.3 Å². The van der Waals surface area contributed by atoms with Gasteiger partial charge in [-0.1, -0.05) is 18.3 Å². The normalized spacial score (nSPS) is 22.8. The van der Waals surface area contributed by atoms with E-state index in [1.54, 1.807) is 0 Å². The van der Waals surface area contributed by atoms with Crippen LogP contribution in [0.25, 0.3) is 0 Å². The van der Waals surface area contributed by atoms with Crippen molar-refractivity contribution >= 4 is 28.2 Å². The number of nitrogen functional groups attached to an aromatic ring is 1. The minimum atomic E-state index is -0.00260. The van der Waals surface area contributed by atoms with E-state index in [1.807, 2.05) is 4.90 Å². The Hall–Kier alpha value is -1.34. The lowest BCUT2D eigenvalue weighted by molar-refractivity contribution is -0.0224. The molecule has 2 aliphatic rings. The number of anilines is 2. The highest BCUT2D eigenvalue weighted by molar-refractivity contribution is 7.18. The summed E-state index contributed by atoms with van der Waals surface area (Å²) in [6.07, 6.45) is 3.42. The summed E-state index contributed by atoms with van der Waals surface area (Å²) in [5, 5.41) is 0.883. The van der Waals surface area contributed by atoms with E-state index >= 15 is 0 Å². The standard InChI is InChI=1S/C14H22N4O2S/c1-2-10-9-18(7-8-20-10)13(19)11-12(15)16-14(21-11)17-5-3-4-6-17/h10H,2-9,15H2,1H3. The van der Waals surface area contributed by atoms with E-state index in [4.69, 9.17) is 10.5 Å². The Morgan fingerprint density at radius 3 is 2.90 bits per heavy atom. The zero-order valence-corrected chi connectivity index (χ0v) is 13.2. The number of carbonyl (C=O) groups excluding carboxylic acids is 1. The molecule has 21 heavy (non-hydrogen) atoms. The van der Waals surface area contributed by atoms with Crippen LogP contribution in [-0.4, -0.2) is 54.7 Å². The highest BCUT2D eigenvalue weighted by Gasteiger charge is 2.28. The third kappa shape index (κ3) is 2.98. The second-order valence-electron chi connectivity index (χ2n) is 5.56. The Balaban J connectivity index is 1.74. The molecule has 1 amide bonds. The number of hydrogen-bond donors (Lipinski definition) is 1. The SMILES string of the molecule is CCC1CN(C(=O)c2sc(N3CCCC3)nc2N)CCO1. The van der Waals surface area contributed by atoms with Crippen molar-refractivity contribution in [2.24, 2.45) is 0 Å². The zero-order chi connectivity index (χ0) is 14.8. The topological polar surface area (TPSA) is 71.7 Å². The second kappa shape index (κ2) is 6.19. The monoisotopic (exact) mass is 310 g/mol. The molecule has 1 unspecified atom stereocenters. The van der Waals surface area contributed by atoms with Gasteiger partial charge in [0.1, 0.15) is 10.7 Å². The number of nitrogens with two attached hydrogens (primary N) is 1. The van der Waals surface area contributed by atoms with Crippen molar-refractivity contribution in [3.05, 3.63) is 4.88 Å². The molecule has 2 saturated heterocycles. The van der Waals surface area contributed by atoms with Crippen molar-refractivity contribution in [3.8, 4) is 0 Å². The van der Waals surface area contributed by atoms with Gasteiger partial charge in [-0.15, -0.1) is 0 Å². The Kier molecular flexibility index (Phi) is 4.30. The van der Waals surface area contributed by atoms with Crippen molar-refractivity contribution in [1.29, 1.82) is 0 Å². The molecule has 0 radical (unpaired) electrons. The predicted octanol–water partition coefficient (Wildman–Crippen LogP) is 1.58. The van der Waals surface area contributed by atoms with Crippen LogP contribution in [0.5, 0.6) is 0 Å². The van der Waals surface area contributed by atoms with Crippen LogP contribution in [0.1, 0.15) is 35.9 Å². The second-order valence-corrected chi connectivity index (χ2v) is 6.53. The van der Waals surface area contributed by atoms with Gasteiger partial charge in [0.05, 0.1) is 12.7 Å². The number of nitrogens with zero attached hydrogens (tertiary/aromatic N) is 3. The van der Waals surface area contributed by atoms with E-state index in [9.17, 15) is 4.79 Å². The number of aromatic nitrogens is 1. The Morgan fingerprint density at radius 1 is 1.43 bits per heavy atom. The third-order valence-corrected chi connectivity index (χ3v) is 5.21. The number of rotatable bonds is 3. The molecule has 3 rings (SSSR count). The molecule has 3 heterocycles. The molecule has 7 heteroatoms. The maximum Gasteiger partial charge on any atom is 0.268 e. The van der Waals surface area contributed by atoms with Crippen LogP contribution in [0, 0.1) is 0 Å². The Morgan fingerprint density at radius 2 is 2.19 bits per heavy atom. The largest absolute Gasteiger partial charge is 0.382 e. The summed E-state index contributed by atoms with van der Waals surface area (Å²) >= 11 is 1.43. The first-order valence-corrected chi connectivity index (χ1v) is 8.42. The first-order chi connectivity index (χ1) is 10.2. The van der Waals surface area contributed by atoms with Crippen LogP contribution in [-0.2, 0) is 4.74 Å². The maximum absolute atomic E-state index is 12.7. The smallest absolute Gasteiger partial charge is 0.268 e. The van der Waals surface area contributed by atoms with E-state index in [-0.39, 0.29) is 12.0 Å². The molecule has 1 aromatic heterocycles. The molecule has 0 aromatic carbocycles. The molecule has 2 fully saturated rings. The number of thiazole rings is 1. The summed E-state index contributed by atoms with van der Waals surface area (Å²) < 4.78 is 5.61. The predicted molar refractivity (Wildman–Crippen MR) is 83.9 cm³/mol. The molecular formula is C14H22N4O2S. The highest BCUT2D eigenvalue weighted by Crippen LogP contribution is 2.31. The van der Waals surface area contributed by atoms with Gasteiger partial charge in [-0.25, -0.2) is 4.98 Å². The fraction of sp³-hybridized carbons (Fsp3) is 0.714. The first-order valence-electron chi connectivity index (χ1n) is 7.61. The average Bonchev–Trinajstić information content (AvgIpc) is 3.16. The lowest BCUT2D eigenvalue weighted by atomic mass is 10.2. The molecular weight excluding hydrogens is 288 g/mol. The third-order valence-electron chi connectivity index (χ3n) is 4.09. The quantitative estimate of drug-likeness (QED) is 0.917. The van der Waals surface area contributed by atoms with Crippen LogP contribution in [0.2, 0.25) is 0 Å². The lowest BCUT2D eigenvalue weighted by Gasteiger charge is -2.32. The van der Waals surface area contributed by atoms with E-state index in [2.05, 4.69) is 16.8 Å². The van der Waals surface area contributed by atoms with Gasteiger partial charge >= 0.3 is 0 Å². The molecule has 0 spiro atoms. The maximum atomic E-state index is 12.7. The molecule has 1 atom stereocenters. The number of hydrogen-bond acceptors (Lipinski definition) is 6. The highest BCUT2D eigenvalue weighted by atomic mass is 32.1. The number of carbonyl (C=O) groups is 1. The summed E-state index contributed by atoms with van der Waals surface area (Å²) in [7, 11) is 0. The summed E-state index contributed by atoms with van der Waals surface area (Å²) in [6.45, 7) is 5.97. The van der Waals surface area contributed by atoms with Gasteiger partial charge in [0.25, 0.3) is 5.91 Å². The lowest BCUT2D eigenvalue weighted by Crippen LogP contribution is -2.45.